The van der Waals surface area contributed by atoms with Crippen molar-refractivity contribution in [1.82, 2.24) is 20.7 Å². The van der Waals surface area contributed by atoms with Gasteiger partial charge < -0.3 is 43.2 Å². The van der Waals surface area contributed by atoms with Gasteiger partial charge in [0.1, 0.15) is 12.7 Å². The molecule has 0 saturated heterocycles. The Balaban J connectivity index is 1.82. The third-order valence-corrected chi connectivity index (χ3v) is 11.3. The first-order valence-corrected chi connectivity index (χ1v) is 24.1. The molecular formula is C53H78N4O13. The van der Waals surface area contributed by atoms with Crippen LogP contribution in [0.25, 0.3) is 11.3 Å². The fourth-order valence-corrected chi connectivity index (χ4v) is 7.38. The van der Waals surface area contributed by atoms with Crippen molar-refractivity contribution in [3.63, 3.8) is 0 Å². The zero-order valence-corrected chi connectivity index (χ0v) is 42.8. The zero-order valence-electron chi connectivity index (χ0n) is 42.8. The highest BCUT2D eigenvalue weighted by atomic mass is 16.6. The second kappa shape index (κ2) is 31.8. The summed E-state index contributed by atoms with van der Waals surface area (Å²) in [7, 11) is 2.90. The highest BCUT2D eigenvalue weighted by Gasteiger charge is 2.39. The molecular weight excluding hydrogens is 901 g/mol. The quantitative estimate of drug-likeness (QED) is 0.0279. The molecule has 0 unspecified atom stereocenters. The number of pyridine rings is 1. The topological polar surface area (TPSA) is 199 Å². The van der Waals surface area contributed by atoms with Gasteiger partial charge in [-0.05, 0) is 40.5 Å². The van der Waals surface area contributed by atoms with Crippen LogP contribution in [-0.4, -0.2) is 139 Å². The Labute approximate surface area is 414 Å². The van der Waals surface area contributed by atoms with Crippen molar-refractivity contribution in [2.75, 3.05) is 86.8 Å². The Morgan fingerprint density at radius 1 is 0.657 bits per heavy atom. The van der Waals surface area contributed by atoms with Gasteiger partial charge in [-0.3, -0.25) is 29.6 Å². The Kier molecular flexibility index (Phi) is 26.8. The van der Waals surface area contributed by atoms with Crippen LogP contribution < -0.4 is 10.7 Å². The molecule has 1 heterocycles. The van der Waals surface area contributed by atoms with Crippen LogP contribution in [0.3, 0.4) is 0 Å². The molecule has 2 N–H and O–H groups in total. The molecule has 0 aliphatic carbocycles. The van der Waals surface area contributed by atoms with Crippen molar-refractivity contribution in [2.45, 2.75) is 92.8 Å². The second-order valence-electron chi connectivity index (χ2n) is 19.0. The number of esters is 2. The average molecular weight is 979 g/mol. The standard InChI is InChI=1S/C53H78N4O13/c1-10-47(59)70-46(38-57(56-50(61)43(52(2,3)4)36-48(60)64-9)37-40-19-21-41(22-20-40)44-18-14-15-23-54-44)42(34-39-16-12-11-13-17-39)35-45(58)49(53(5,6)7)55-51(62)69-33-32-68-31-30-67-29-28-66-27-26-65-25-24-63-8/h11-23,42-43,46,49H,10,24-38H2,1-9H3,(H,55,62)(H,56,61)/t42-,43-,46+,49-/m1/s1. The fraction of sp³-hybridized carbons (Fsp3) is 0.585. The maximum Gasteiger partial charge on any atom is 0.407 e. The lowest BCUT2D eigenvalue weighted by atomic mass is 9.78. The summed E-state index contributed by atoms with van der Waals surface area (Å²) in [6, 6.07) is 22.0. The largest absolute Gasteiger partial charge is 0.469 e. The number of ether oxygens (including phenoxy) is 8. The molecule has 2 aromatic carbocycles. The van der Waals surface area contributed by atoms with Crippen LogP contribution in [0.2, 0.25) is 0 Å². The van der Waals surface area contributed by atoms with Crippen LogP contribution in [0.1, 0.15) is 78.9 Å². The summed E-state index contributed by atoms with van der Waals surface area (Å²) in [5, 5.41) is 4.47. The average Bonchev–Trinajstić information content (AvgIpc) is 3.33. The minimum atomic E-state index is -0.992. The van der Waals surface area contributed by atoms with Crippen molar-refractivity contribution < 1.29 is 61.9 Å². The monoisotopic (exact) mass is 979 g/mol. The number of hydrogen-bond acceptors (Lipinski definition) is 15. The van der Waals surface area contributed by atoms with E-state index in [-0.39, 0.29) is 58.0 Å². The van der Waals surface area contributed by atoms with Crippen molar-refractivity contribution in [3.05, 3.63) is 90.1 Å². The molecule has 0 fully saturated rings. The highest BCUT2D eigenvalue weighted by molar-refractivity contribution is 5.88. The lowest BCUT2D eigenvalue weighted by Crippen LogP contribution is -2.53. The zero-order chi connectivity index (χ0) is 51.4. The number of benzene rings is 2. The third-order valence-electron chi connectivity index (χ3n) is 11.3. The molecule has 0 aliphatic rings. The van der Waals surface area contributed by atoms with Gasteiger partial charge in [-0.15, -0.1) is 0 Å². The predicted octanol–water partition coefficient (Wildman–Crippen LogP) is 6.80. The molecule has 0 aliphatic heterocycles. The molecule has 0 spiro atoms. The van der Waals surface area contributed by atoms with Gasteiger partial charge >= 0.3 is 18.0 Å². The van der Waals surface area contributed by atoms with E-state index in [1.807, 2.05) is 114 Å². The molecule has 17 heteroatoms. The first kappa shape index (κ1) is 59.0. The molecule has 0 bridgehead atoms. The molecule has 17 nitrogen and oxygen atoms in total. The summed E-state index contributed by atoms with van der Waals surface area (Å²) < 4.78 is 43.5. The SMILES string of the molecule is CCC(=O)O[C@@H](CN(Cc1ccc(-c2ccccn2)cc1)NC(=O)[C@@H](CC(=O)OC)C(C)(C)C)[C@@H](CC(=O)[C@@H](NC(=O)OCCOCCOCCOCCOCCOC)C(C)(C)C)Cc1ccccc1. The van der Waals surface area contributed by atoms with E-state index < -0.39 is 58.8 Å². The number of nitrogens with one attached hydrogen (secondary N) is 2. The van der Waals surface area contributed by atoms with E-state index in [1.165, 1.54) is 7.11 Å². The molecule has 388 valence electrons. The first-order chi connectivity index (χ1) is 33.4. The van der Waals surface area contributed by atoms with Gasteiger partial charge in [-0.1, -0.05) is 109 Å². The van der Waals surface area contributed by atoms with Crippen LogP contribution in [0.5, 0.6) is 0 Å². The number of ketones is 1. The Morgan fingerprint density at radius 3 is 1.77 bits per heavy atom. The normalized spacial score (nSPS) is 13.5. The summed E-state index contributed by atoms with van der Waals surface area (Å²) >= 11 is 0. The summed E-state index contributed by atoms with van der Waals surface area (Å²) in [6.45, 7) is 16.4. The third kappa shape index (κ3) is 23.1. The van der Waals surface area contributed by atoms with Gasteiger partial charge in [0, 0.05) is 44.2 Å². The van der Waals surface area contributed by atoms with Crippen molar-refractivity contribution in [2.24, 2.45) is 22.7 Å². The number of carbonyl (C=O) groups is 5. The smallest absolute Gasteiger partial charge is 0.407 e. The van der Waals surface area contributed by atoms with Gasteiger partial charge in [-0.25, -0.2) is 9.80 Å². The van der Waals surface area contributed by atoms with Gasteiger partial charge in [-0.2, -0.15) is 0 Å². The van der Waals surface area contributed by atoms with Crippen LogP contribution in [0.4, 0.5) is 4.79 Å². The minimum absolute atomic E-state index is 0.0288. The van der Waals surface area contributed by atoms with Gasteiger partial charge in [0.05, 0.1) is 97.2 Å². The number of carbonyl (C=O) groups excluding carboxylic acids is 5. The number of nitrogens with zero attached hydrogens (tertiary/aromatic N) is 2. The minimum Gasteiger partial charge on any atom is -0.469 e. The molecule has 3 aromatic rings. The van der Waals surface area contributed by atoms with E-state index in [4.69, 9.17) is 37.9 Å². The molecule has 70 heavy (non-hydrogen) atoms. The number of Topliss-reactive ketones (excluding diaryl/α,β-unsaturated/α-hetero) is 1. The van der Waals surface area contributed by atoms with E-state index in [2.05, 4.69) is 15.7 Å². The Bertz CT molecular complexity index is 1970. The number of amides is 2. The van der Waals surface area contributed by atoms with E-state index in [0.29, 0.717) is 52.7 Å². The highest BCUT2D eigenvalue weighted by Crippen LogP contribution is 2.31. The lowest BCUT2D eigenvalue weighted by molar-refractivity contribution is -0.156. The van der Waals surface area contributed by atoms with E-state index >= 15 is 0 Å². The van der Waals surface area contributed by atoms with Crippen molar-refractivity contribution >= 4 is 29.7 Å². The number of hydrazine groups is 1. The summed E-state index contributed by atoms with van der Waals surface area (Å²) in [6.07, 6.45) is 0.114. The summed E-state index contributed by atoms with van der Waals surface area (Å²) in [5.74, 6) is -3.17. The van der Waals surface area contributed by atoms with Crippen LogP contribution in [0.15, 0.2) is 79.0 Å². The summed E-state index contributed by atoms with van der Waals surface area (Å²) in [4.78, 5) is 72.6. The number of rotatable bonds is 33. The van der Waals surface area contributed by atoms with E-state index in [9.17, 15) is 24.0 Å². The first-order valence-electron chi connectivity index (χ1n) is 24.1. The molecule has 2 amide bonds. The lowest BCUT2D eigenvalue weighted by Gasteiger charge is -2.36. The molecule has 0 saturated carbocycles. The number of methoxy groups -OCH3 is 2. The van der Waals surface area contributed by atoms with Crippen molar-refractivity contribution in [1.29, 1.82) is 0 Å². The van der Waals surface area contributed by atoms with E-state index in [1.54, 1.807) is 25.2 Å². The van der Waals surface area contributed by atoms with Crippen LogP contribution >= 0.6 is 0 Å². The Hall–Kier alpha value is -5.30. The molecule has 3 rings (SSSR count). The fourth-order valence-electron chi connectivity index (χ4n) is 7.38. The predicted molar refractivity (Wildman–Crippen MR) is 264 cm³/mol. The summed E-state index contributed by atoms with van der Waals surface area (Å²) in [5.41, 5.74) is 5.09. The second-order valence-corrected chi connectivity index (χ2v) is 19.0. The van der Waals surface area contributed by atoms with Gasteiger partial charge in [0.2, 0.25) is 5.91 Å². The maximum absolute atomic E-state index is 14.6. The maximum atomic E-state index is 14.6. The van der Waals surface area contributed by atoms with E-state index in [0.717, 1.165) is 22.4 Å². The van der Waals surface area contributed by atoms with Crippen LogP contribution in [0, 0.1) is 22.7 Å². The molecule has 1 aromatic heterocycles. The molecule has 0 radical (unpaired) electrons. The van der Waals surface area contributed by atoms with Gasteiger partial charge in [0.15, 0.2) is 5.78 Å². The molecule has 4 atom stereocenters. The van der Waals surface area contributed by atoms with Crippen LogP contribution in [-0.2, 0) is 70.0 Å². The number of alkyl carbamates (subject to hydrolysis) is 1. The number of hydrogen-bond donors (Lipinski definition) is 2. The van der Waals surface area contributed by atoms with Gasteiger partial charge in [0.25, 0.3) is 0 Å². The number of aromatic nitrogens is 1. The Morgan fingerprint density at radius 2 is 1.24 bits per heavy atom. The van der Waals surface area contributed by atoms with Crippen molar-refractivity contribution in [3.8, 4) is 11.3 Å².